The Morgan fingerprint density at radius 2 is 1.69 bits per heavy atom. The molecule has 2 N–H and O–H groups in total. The highest BCUT2D eigenvalue weighted by Crippen LogP contribution is 2.40. The fourth-order valence-corrected chi connectivity index (χ4v) is 10.6. The van der Waals surface area contributed by atoms with E-state index >= 15 is 0 Å². The van der Waals surface area contributed by atoms with E-state index in [1.54, 1.807) is 71.7 Å². The highest BCUT2D eigenvalue weighted by molar-refractivity contribution is 7.81. The van der Waals surface area contributed by atoms with Crippen molar-refractivity contribution < 1.29 is 42.1 Å². The van der Waals surface area contributed by atoms with Crippen molar-refractivity contribution in [2.24, 2.45) is 5.92 Å². The molecule has 0 aliphatic carbocycles. The zero-order valence-corrected chi connectivity index (χ0v) is 43.4. The maximum absolute atomic E-state index is 14.2. The molecule has 388 valence electrons. The predicted molar refractivity (Wildman–Crippen MR) is 277 cm³/mol. The molecule has 4 atom stereocenters. The molecule has 3 amide bonds. The Balaban J connectivity index is 0.769. The van der Waals surface area contributed by atoms with Gasteiger partial charge < -0.3 is 34.3 Å². The van der Waals surface area contributed by atoms with Gasteiger partial charge in [0, 0.05) is 56.6 Å². The van der Waals surface area contributed by atoms with Gasteiger partial charge in [0.25, 0.3) is 5.91 Å². The number of β-amino-alcohol motifs (C(OH)–C–C–N with tert-alkyl or cyclic N) is 1. The number of thiazole rings is 1. The number of anilines is 2. The molecule has 0 spiro atoms. The molecule has 2 unspecified atom stereocenters. The van der Waals surface area contributed by atoms with Gasteiger partial charge in [0.2, 0.25) is 11.8 Å². The van der Waals surface area contributed by atoms with Crippen molar-refractivity contribution in [2.75, 3.05) is 36.2 Å². The number of nitrogens with one attached hydrogen (secondary N) is 1. The number of thiocarbonyl (C=S) groups is 1. The molecule has 0 bridgehead atoms. The number of carbonyl (C=O) groups is 3. The highest BCUT2D eigenvalue weighted by Gasteiger charge is 2.51. The minimum absolute atomic E-state index is 0.00826. The second-order valence-corrected chi connectivity index (χ2v) is 20.4. The number of halogens is 3. The van der Waals surface area contributed by atoms with E-state index in [-0.39, 0.29) is 47.5 Å². The number of imidazole rings is 1. The molecule has 74 heavy (non-hydrogen) atoms. The first-order valence-electron chi connectivity index (χ1n) is 24.2. The zero-order chi connectivity index (χ0) is 53.1. The largest absolute Gasteiger partial charge is 0.490 e. The van der Waals surface area contributed by atoms with Crippen molar-refractivity contribution in [1.82, 2.24) is 34.5 Å². The number of aliphatic hydroxyl groups is 1. The average Bonchev–Trinajstić information content (AvgIpc) is 4.22. The third kappa shape index (κ3) is 11.4. The number of nitriles is 1. The van der Waals surface area contributed by atoms with E-state index in [4.69, 9.17) is 21.7 Å². The van der Waals surface area contributed by atoms with Crippen LogP contribution in [0.1, 0.15) is 88.3 Å². The lowest BCUT2D eigenvalue weighted by atomic mass is 10.0. The Morgan fingerprint density at radius 3 is 2.36 bits per heavy atom. The van der Waals surface area contributed by atoms with Gasteiger partial charge >= 0.3 is 6.18 Å². The molecule has 3 aromatic heterocycles. The number of aromatic nitrogens is 5. The Bertz CT molecular complexity index is 3040. The maximum atomic E-state index is 14.2. The van der Waals surface area contributed by atoms with E-state index in [2.05, 4.69) is 20.4 Å². The summed E-state index contributed by atoms with van der Waals surface area (Å²) in [6, 6.07) is 18.0. The van der Waals surface area contributed by atoms with Crippen LogP contribution in [0.2, 0.25) is 0 Å². The normalized spacial score (nSPS) is 17.5. The molecule has 21 heteroatoms. The molecule has 16 nitrogen and oxygen atoms in total. The highest BCUT2D eigenvalue weighted by atomic mass is 32.1. The van der Waals surface area contributed by atoms with Crippen LogP contribution in [0.4, 0.5) is 24.5 Å². The summed E-state index contributed by atoms with van der Waals surface area (Å²) in [5.41, 5.74) is 3.84. The number of hydrogen-bond donors (Lipinski definition) is 2. The molecular formula is C53H57F3N10O6S2. The summed E-state index contributed by atoms with van der Waals surface area (Å²) in [5, 5.41) is 27.5. The lowest BCUT2D eigenvalue weighted by molar-refractivity contribution is -0.142. The van der Waals surface area contributed by atoms with Crippen LogP contribution < -0.4 is 19.9 Å². The quantitative estimate of drug-likeness (QED) is 0.0581. The Labute approximate surface area is 436 Å². The van der Waals surface area contributed by atoms with Crippen LogP contribution in [-0.2, 0) is 31.8 Å². The number of aliphatic hydroxyl groups excluding tert-OH is 1. The first-order valence-corrected chi connectivity index (χ1v) is 25.5. The minimum Gasteiger partial charge on any atom is -0.490 e. The van der Waals surface area contributed by atoms with Crippen molar-refractivity contribution >= 4 is 57.8 Å². The molecule has 2 aliphatic heterocycles. The van der Waals surface area contributed by atoms with Crippen LogP contribution in [0.15, 0.2) is 97.2 Å². The number of benzene rings is 3. The molecule has 2 fully saturated rings. The number of hydrogen-bond acceptors (Lipinski definition) is 12. The lowest BCUT2D eigenvalue weighted by Crippen LogP contribution is -2.49. The predicted octanol–water partition coefficient (Wildman–Crippen LogP) is 8.90. The number of rotatable bonds is 19. The van der Waals surface area contributed by atoms with Gasteiger partial charge in [-0.3, -0.25) is 24.0 Å². The van der Waals surface area contributed by atoms with Crippen molar-refractivity contribution in [3.63, 3.8) is 0 Å². The molecule has 8 rings (SSSR count). The number of nitrogens with zero attached hydrogens (tertiary/aromatic N) is 9. The topological polar surface area (TPSA) is 184 Å². The Hall–Kier alpha value is -6.99. The van der Waals surface area contributed by atoms with Crippen molar-refractivity contribution in [3.8, 4) is 33.5 Å². The van der Waals surface area contributed by atoms with Crippen LogP contribution in [0.25, 0.3) is 21.7 Å². The third-order valence-corrected chi connectivity index (χ3v) is 14.5. The second kappa shape index (κ2) is 22.2. The van der Waals surface area contributed by atoms with Crippen LogP contribution in [0, 0.1) is 24.2 Å². The maximum Gasteiger partial charge on any atom is 0.417 e. The third-order valence-electron chi connectivity index (χ3n) is 13.2. The van der Waals surface area contributed by atoms with Gasteiger partial charge in [-0.15, -0.1) is 11.3 Å². The van der Waals surface area contributed by atoms with E-state index in [0.29, 0.717) is 49.9 Å². The molecule has 0 saturated carbocycles. The molecular weight excluding hydrogens is 994 g/mol. The van der Waals surface area contributed by atoms with Crippen LogP contribution in [0.3, 0.4) is 0 Å². The smallest absolute Gasteiger partial charge is 0.417 e. The van der Waals surface area contributed by atoms with Crippen LogP contribution in [-0.4, -0.2) is 101 Å². The van der Waals surface area contributed by atoms with Gasteiger partial charge in [-0.05, 0) is 93.7 Å². The van der Waals surface area contributed by atoms with E-state index in [9.17, 15) is 37.9 Å². The zero-order valence-electron chi connectivity index (χ0n) is 41.7. The SMILES string of the molecule is Cc1ncsc1-c1ccc(C(C)NC(=O)[C@@H]2C[C@@H](O)CN2C(=O)C(C(C)C)n2cc(OCCCOCCCn3cnc(-c4ccc(N5C(=S)N(c6ccc(C#N)c(C(F)(F)F)c6)C(=O)C5(C)C)cc4)c3)cn2)cc1. The first kappa shape index (κ1) is 53.3. The molecule has 3 aromatic carbocycles. The average molecular weight is 1050 g/mol. The van der Waals surface area contributed by atoms with Crippen LogP contribution >= 0.6 is 23.6 Å². The number of ether oxygens (including phenoxy) is 2. The molecule has 5 heterocycles. The summed E-state index contributed by atoms with van der Waals surface area (Å²) >= 11 is 7.25. The summed E-state index contributed by atoms with van der Waals surface area (Å²) in [7, 11) is 0. The van der Waals surface area contributed by atoms with Gasteiger partial charge in [0.15, 0.2) is 10.9 Å². The summed E-state index contributed by atoms with van der Waals surface area (Å²) in [6.07, 6.45) is 2.71. The second-order valence-electron chi connectivity index (χ2n) is 19.2. The van der Waals surface area contributed by atoms with Gasteiger partial charge in [0.1, 0.15) is 17.6 Å². The van der Waals surface area contributed by atoms with E-state index in [1.165, 1.54) is 11.0 Å². The van der Waals surface area contributed by atoms with Crippen molar-refractivity contribution in [1.29, 1.82) is 5.26 Å². The number of carbonyl (C=O) groups excluding carboxylic acids is 3. The Morgan fingerprint density at radius 1 is 0.986 bits per heavy atom. The molecule has 2 aliphatic rings. The lowest BCUT2D eigenvalue weighted by Gasteiger charge is -2.30. The number of amides is 3. The summed E-state index contributed by atoms with van der Waals surface area (Å²) in [6.45, 7) is 13.0. The number of aryl methyl sites for hydroxylation is 2. The monoisotopic (exact) mass is 1050 g/mol. The summed E-state index contributed by atoms with van der Waals surface area (Å²) in [5.74, 6) is -0.840. The molecule has 0 radical (unpaired) electrons. The fourth-order valence-electron chi connectivity index (χ4n) is 9.30. The van der Waals surface area contributed by atoms with Crippen LogP contribution in [0.5, 0.6) is 5.75 Å². The van der Waals surface area contributed by atoms with Gasteiger partial charge in [0.05, 0.1) is 82.1 Å². The molecule has 2 saturated heterocycles. The Kier molecular flexibility index (Phi) is 16.0. The molecule has 6 aromatic rings. The van der Waals surface area contributed by atoms with Gasteiger partial charge in [-0.2, -0.15) is 23.5 Å². The number of alkyl halides is 3. The van der Waals surface area contributed by atoms with E-state index in [1.807, 2.05) is 80.4 Å². The summed E-state index contributed by atoms with van der Waals surface area (Å²) < 4.78 is 56.7. The minimum atomic E-state index is -4.80. The van der Waals surface area contributed by atoms with Gasteiger partial charge in [-0.25, -0.2) is 9.97 Å². The van der Waals surface area contributed by atoms with E-state index in [0.717, 1.165) is 50.7 Å². The van der Waals surface area contributed by atoms with Gasteiger partial charge in [-0.1, -0.05) is 50.2 Å². The first-order chi connectivity index (χ1) is 35.3. The summed E-state index contributed by atoms with van der Waals surface area (Å²) in [4.78, 5) is 55.6. The fraction of sp³-hybridized carbons (Fsp3) is 0.396. The van der Waals surface area contributed by atoms with Crippen molar-refractivity contribution in [3.05, 3.63) is 120 Å². The van der Waals surface area contributed by atoms with Crippen molar-refractivity contribution in [2.45, 2.75) is 103 Å². The standard InChI is InChI=1S/C53H57F3N10O6S2/c1-32(2)46(49(69)63-27-41(67)24-45(63)48(68)61-33(3)35-9-11-37(12-10-35)47-34(4)59-31-74-47)64-28-42(26-60-64)72-22-8-21-71-20-7-19-62-29-44(58-30-62)36-13-16-39(17-14-36)66-51(73)65(50(70)52(66,5)6)40-18-15-38(25-57)43(23-40)53(54,55)56/h9-18,23,26,28-33,41,45-46,67H,7-8,19-22,24,27H2,1-6H3,(H,61,68)/t33?,41-,45+,46?/m1/s1. The van der Waals surface area contributed by atoms with E-state index < -0.39 is 46.9 Å². The number of likely N-dealkylation sites (tertiary alicyclic amines) is 1.